The number of nitrogens with one attached hydrogen (secondary N) is 2. The van der Waals surface area contributed by atoms with Crippen LogP contribution in [0.1, 0.15) is 106 Å². The smallest absolute Gasteiger partial charge is 0.311 e. The highest BCUT2D eigenvalue weighted by molar-refractivity contribution is 7.09. The second-order valence-electron chi connectivity index (χ2n) is 18.3. The minimum absolute atomic E-state index is 0.0174. The van der Waals surface area contributed by atoms with Gasteiger partial charge in [0.2, 0.25) is 0 Å². The molecule has 0 aliphatic carbocycles. The van der Waals surface area contributed by atoms with Crippen molar-refractivity contribution in [1.82, 2.24) is 10.6 Å². The van der Waals surface area contributed by atoms with E-state index in [0.717, 1.165) is 13.1 Å². The summed E-state index contributed by atoms with van der Waals surface area (Å²) < 4.78 is 37.5. The van der Waals surface area contributed by atoms with E-state index in [1.165, 1.54) is 18.9 Å². The summed E-state index contributed by atoms with van der Waals surface area (Å²) in [5, 5.41) is 72.1. The second-order valence-corrected chi connectivity index (χ2v) is 19.3. The third-order valence-electron chi connectivity index (χ3n) is 13.0. The number of hydrogen-bond acceptors (Lipinski definition) is 17. The Morgan fingerprint density at radius 3 is 2.28 bits per heavy atom. The summed E-state index contributed by atoms with van der Waals surface area (Å²) in [6.07, 6.45) is -8.42. The number of carbonyl (C=O) groups is 1. The molecule has 0 bridgehead atoms. The molecule has 0 amide bonds. The zero-order chi connectivity index (χ0) is 45.3. The largest absolute Gasteiger partial charge is 0.459 e. The Labute approximate surface area is 367 Å². The lowest BCUT2D eigenvalue weighted by atomic mass is 9.73. The SMILES string of the molecule is CC[C@H]1OC(=O)[C@H](C)[C@@H](O[C@H]2C[C@@](C)(OC)[C@@H](O)[C@H](C)O2)[C@H](C)[C@@H](O[C@@H]2O[C@H](C)CC[C@H]2O)C(C)(O)C[C@@H](C)/C(=N\OCCNCCNCc2cccs2)[C@H](C)[C@@H](O)[C@]1(C)O. The van der Waals surface area contributed by atoms with Crippen molar-refractivity contribution in [3.05, 3.63) is 22.4 Å². The van der Waals surface area contributed by atoms with Gasteiger partial charge in [-0.15, -0.1) is 11.3 Å². The lowest BCUT2D eigenvalue weighted by Crippen LogP contribution is -2.60. The van der Waals surface area contributed by atoms with Gasteiger partial charge in [0.1, 0.15) is 30.5 Å². The van der Waals surface area contributed by atoms with Crippen LogP contribution >= 0.6 is 11.3 Å². The summed E-state index contributed by atoms with van der Waals surface area (Å²) in [5.41, 5.74) is -4.32. The first-order chi connectivity index (χ1) is 28.7. The number of methoxy groups -OCH3 is 1. The predicted octanol–water partition coefficient (Wildman–Crippen LogP) is 3.49. The van der Waals surface area contributed by atoms with E-state index in [1.54, 1.807) is 59.8 Å². The highest BCUT2D eigenvalue weighted by atomic mass is 32.1. The number of nitrogens with zero attached hydrogens (tertiary/aromatic N) is 1. The van der Waals surface area contributed by atoms with Gasteiger partial charge in [0.05, 0.1) is 53.4 Å². The van der Waals surface area contributed by atoms with Gasteiger partial charge in [-0.1, -0.05) is 38.9 Å². The Morgan fingerprint density at radius 2 is 1.62 bits per heavy atom. The molecule has 61 heavy (non-hydrogen) atoms. The predicted molar refractivity (Wildman–Crippen MR) is 231 cm³/mol. The zero-order valence-electron chi connectivity index (χ0n) is 38.2. The average molecular weight is 888 g/mol. The van der Waals surface area contributed by atoms with Gasteiger partial charge in [0.15, 0.2) is 12.6 Å². The minimum Gasteiger partial charge on any atom is -0.459 e. The molecule has 0 aromatic carbocycles. The van der Waals surface area contributed by atoms with Crippen LogP contribution in [0.15, 0.2) is 22.7 Å². The number of rotatable bonds is 15. The van der Waals surface area contributed by atoms with Gasteiger partial charge in [0.25, 0.3) is 0 Å². The lowest BCUT2D eigenvalue weighted by Gasteiger charge is -2.48. The number of esters is 1. The Hall–Kier alpha value is -1.84. The molecule has 1 aromatic heterocycles. The van der Waals surface area contributed by atoms with Gasteiger partial charge in [-0.05, 0) is 78.7 Å². The summed E-state index contributed by atoms with van der Waals surface area (Å²) >= 11 is 1.70. The number of oxime groups is 1. The first kappa shape index (κ1) is 51.8. The lowest BCUT2D eigenvalue weighted by molar-refractivity contribution is -0.314. The van der Waals surface area contributed by atoms with Gasteiger partial charge in [-0.2, -0.15) is 0 Å². The van der Waals surface area contributed by atoms with Crippen molar-refractivity contribution in [2.45, 2.75) is 186 Å². The number of hydrogen-bond donors (Lipinski definition) is 7. The van der Waals surface area contributed by atoms with Crippen LogP contribution in [0.4, 0.5) is 0 Å². The van der Waals surface area contributed by atoms with Crippen molar-refractivity contribution in [3.8, 4) is 0 Å². The van der Waals surface area contributed by atoms with E-state index in [4.69, 9.17) is 33.3 Å². The Balaban J connectivity index is 1.69. The molecule has 17 heteroatoms. The molecular formula is C44H77N3O13S. The van der Waals surface area contributed by atoms with Crippen molar-refractivity contribution in [3.63, 3.8) is 0 Å². The van der Waals surface area contributed by atoms with E-state index in [-0.39, 0.29) is 32.0 Å². The van der Waals surface area contributed by atoms with E-state index < -0.39 is 102 Å². The Morgan fingerprint density at radius 1 is 0.918 bits per heavy atom. The molecule has 1 unspecified atom stereocenters. The topological polar surface area (TPSA) is 219 Å². The average Bonchev–Trinajstić information content (AvgIpc) is 3.73. The van der Waals surface area contributed by atoms with Gasteiger partial charge < -0.3 is 69.4 Å². The van der Waals surface area contributed by atoms with Crippen LogP contribution in [-0.4, -0.2) is 149 Å². The fourth-order valence-electron chi connectivity index (χ4n) is 9.16. The van der Waals surface area contributed by atoms with E-state index in [9.17, 15) is 30.3 Å². The normalized spacial score (nSPS) is 42.8. The maximum Gasteiger partial charge on any atom is 0.311 e. The third-order valence-corrected chi connectivity index (χ3v) is 13.9. The van der Waals surface area contributed by atoms with Crippen LogP contribution in [0, 0.1) is 23.7 Å². The van der Waals surface area contributed by atoms with Gasteiger partial charge in [-0.25, -0.2) is 0 Å². The van der Waals surface area contributed by atoms with Crippen molar-refractivity contribution in [2.24, 2.45) is 28.8 Å². The zero-order valence-corrected chi connectivity index (χ0v) is 39.1. The number of cyclic esters (lactones) is 1. The Kier molecular flexibility index (Phi) is 19.4. The van der Waals surface area contributed by atoms with Crippen molar-refractivity contribution in [2.75, 3.05) is 33.4 Å². The number of ether oxygens (including phenoxy) is 6. The standard InChI is InChI=1S/C44H77N3O13S/c1-12-33-44(10,53)37(49)27(4)35(47-55-20-19-45-17-18-46-24-31-14-13-21-61-31)25(2)22-42(8,52)39(60-41-32(48)16-15-26(3)56-41)28(5)36(29(6)40(51)58-33)59-34-23-43(9,54-11)38(50)30(7)57-34/h13-14,21,25-30,32-34,36-39,41,45-46,48-50,52-53H,12,15-20,22-24H2,1-11H3/b47-35+/t25-,26-,27+,28+,29-,30+,32-,33-,34+,36+,37-,38+,39-,41+,42?,43-,44-/m1/s1. The summed E-state index contributed by atoms with van der Waals surface area (Å²) in [5.74, 6) is -3.95. The van der Waals surface area contributed by atoms with Crippen molar-refractivity contribution < 1.29 is 63.6 Å². The van der Waals surface area contributed by atoms with Crippen LogP contribution < -0.4 is 10.6 Å². The molecule has 1 aromatic rings. The third kappa shape index (κ3) is 13.4. The molecular weight excluding hydrogens is 811 g/mol. The molecule has 3 saturated heterocycles. The summed E-state index contributed by atoms with van der Waals surface area (Å²) in [4.78, 5) is 21.4. The fourth-order valence-corrected chi connectivity index (χ4v) is 9.83. The fraction of sp³-hybridized carbons (Fsp3) is 0.864. The number of aliphatic hydroxyl groups excluding tert-OH is 3. The monoisotopic (exact) mass is 888 g/mol. The minimum atomic E-state index is -1.94. The van der Waals surface area contributed by atoms with E-state index >= 15 is 0 Å². The molecule has 4 heterocycles. The van der Waals surface area contributed by atoms with Crippen LogP contribution in [0.25, 0.3) is 0 Å². The summed E-state index contributed by atoms with van der Waals surface area (Å²) in [7, 11) is 1.50. The van der Waals surface area contributed by atoms with Crippen LogP contribution in [0.5, 0.6) is 0 Å². The molecule has 3 aliphatic rings. The molecule has 17 atom stereocenters. The Bertz CT molecular complexity index is 1500. The quantitative estimate of drug-likeness (QED) is 0.0762. The molecule has 3 aliphatic heterocycles. The van der Waals surface area contributed by atoms with Gasteiger partial charge in [-0.3, -0.25) is 4.79 Å². The number of thiophene rings is 1. The van der Waals surface area contributed by atoms with E-state index in [2.05, 4.69) is 27.2 Å². The second kappa shape index (κ2) is 22.9. The van der Waals surface area contributed by atoms with Crippen molar-refractivity contribution >= 4 is 23.0 Å². The van der Waals surface area contributed by atoms with Crippen molar-refractivity contribution in [1.29, 1.82) is 0 Å². The number of carbonyl (C=O) groups excluding carboxylic acids is 1. The number of aliphatic hydroxyl groups is 5. The van der Waals surface area contributed by atoms with Gasteiger partial charge >= 0.3 is 5.97 Å². The highest BCUT2D eigenvalue weighted by Crippen LogP contribution is 2.41. The molecule has 0 saturated carbocycles. The van der Waals surface area contributed by atoms with Crippen LogP contribution in [0.2, 0.25) is 0 Å². The molecule has 0 spiro atoms. The molecule has 3 fully saturated rings. The maximum absolute atomic E-state index is 14.3. The van der Waals surface area contributed by atoms with Crippen LogP contribution in [-0.2, 0) is 44.6 Å². The molecule has 4 rings (SSSR count). The summed E-state index contributed by atoms with van der Waals surface area (Å²) in [6, 6.07) is 4.11. The van der Waals surface area contributed by atoms with E-state index in [1.807, 2.05) is 19.9 Å². The molecule has 0 radical (unpaired) electrons. The van der Waals surface area contributed by atoms with Crippen LogP contribution in [0.3, 0.4) is 0 Å². The molecule has 16 nitrogen and oxygen atoms in total. The molecule has 352 valence electrons. The first-order valence-corrected chi connectivity index (χ1v) is 23.0. The highest BCUT2D eigenvalue weighted by Gasteiger charge is 2.53. The summed E-state index contributed by atoms with van der Waals surface area (Å²) in [6.45, 7) is 20.1. The van der Waals surface area contributed by atoms with E-state index in [0.29, 0.717) is 31.6 Å². The van der Waals surface area contributed by atoms with Gasteiger partial charge in [0, 0.05) is 62.3 Å². The molecule has 7 N–H and O–H groups in total. The maximum atomic E-state index is 14.3. The first-order valence-electron chi connectivity index (χ1n) is 22.2.